The van der Waals surface area contributed by atoms with E-state index in [2.05, 4.69) is 28.1 Å². The van der Waals surface area contributed by atoms with Gasteiger partial charge in [0.15, 0.2) is 6.20 Å². The summed E-state index contributed by atoms with van der Waals surface area (Å²) in [5, 5.41) is 12.1. The summed E-state index contributed by atoms with van der Waals surface area (Å²) in [6.45, 7) is 0. The van der Waals surface area contributed by atoms with Crippen molar-refractivity contribution in [1.82, 2.24) is 0 Å². The Hall–Kier alpha value is -1.00. The summed E-state index contributed by atoms with van der Waals surface area (Å²) in [4.78, 5) is 0. The molecule has 0 bridgehead atoms. The van der Waals surface area contributed by atoms with Gasteiger partial charge in [0.25, 0.3) is 5.03 Å². The lowest BCUT2D eigenvalue weighted by Gasteiger charge is -2.03. The van der Waals surface area contributed by atoms with Crippen LogP contribution in [0.25, 0.3) is 0 Å². The number of thioether (sulfide) groups is 1. The fraction of sp³-hybridized carbons (Fsp3) is 0.0833. The van der Waals surface area contributed by atoms with Crippen molar-refractivity contribution in [1.29, 1.82) is 0 Å². The second-order valence-corrected chi connectivity index (χ2v) is 5.19. The maximum Gasteiger partial charge on any atom is 0.251 e. The number of benzene rings is 1. The van der Waals surface area contributed by atoms with Crippen molar-refractivity contribution in [2.24, 2.45) is 0 Å². The third kappa shape index (κ3) is 3.00. The molecule has 0 fully saturated rings. The first-order valence-corrected chi connectivity index (χ1v) is 6.59. The highest BCUT2D eigenvalue weighted by Gasteiger charge is 2.04. The van der Waals surface area contributed by atoms with E-state index in [0.717, 1.165) is 20.0 Å². The summed E-state index contributed by atoms with van der Waals surface area (Å²) in [5.41, 5.74) is 1.20. The summed E-state index contributed by atoms with van der Waals surface area (Å²) in [6.07, 6.45) is 1.52. The summed E-state index contributed by atoms with van der Waals surface area (Å²) < 4.78 is 1.96. The summed E-state index contributed by atoms with van der Waals surface area (Å²) in [5.74, 6) is 0.797. The normalized spacial score (nSPS) is 10.3. The van der Waals surface area contributed by atoms with E-state index in [1.807, 2.05) is 24.3 Å². The minimum absolute atomic E-state index is 0.725. The number of pyridine rings is 1. The molecule has 0 N–H and O–H groups in total. The molecule has 4 heteroatoms. The lowest BCUT2D eigenvalue weighted by molar-refractivity contribution is -0.645. The van der Waals surface area contributed by atoms with Gasteiger partial charge in [-0.1, -0.05) is 39.8 Å². The van der Waals surface area contributed by atoms with Crippen LogP contribution in [-0.2, 0) is 5.75 Å². The maximum absolute atomic E-state index is 11.4. The van der Waals surface area contributed by atoms with Gasteiger partial charge in [-0.15, -0.1) is 0 Å². The number of aromatic nitrogens is 1. The predicted octanol–water partition coefficient (Wildman–Crippen LogP) is 3.37. The minimum Gasteiger partial charge on any atom is -0.618 e. The van der Waals surface area contributed by atoms with Crippen molar-refractivity contribution >= 4 is 27.7 Å². The third-order valence-electron chi connectivity index (χ3n) is 2.06. The third-order valence-corrected chi connectivity index (χ3v) is 3.65. The molecule has 2 rings (SSSR count). The average molecular weight is 296 g/mol. The predicted molar refractivity (Wildman–Crippen MR) is 69.1 cm³/mol. The van der Waals surface area contributed by atoms with Crippen LogP contribution in [0.15, 0.2) is 58.2 Å². The first-order chi connectivity index (χ1) is 7.75. The molecule has 1 aromatic carbocycles. The van der Waals surface area contributed by atoms with Gasteiger partial charge in [-0.3, -0.25) is 0 Å². The molecular weight excluding hydrogens is 286 g/mol. The lowest BCUT2D eigenvalue weighted by atomic mass is 10.2. The summed E-state index contributed by atoms with van der Waals surface area (Å²) >= 11 is 4.97. The van der Waals surface area contributed by atoms with Gasteiger partial charge in [0.05, 0.1) is 0 Å². The minimum atomic E-state index is 0.725. The van der Waals surface area contributed by atoms with E-state index in [0.29, 0.717) is 0 Å². The number of hydrogen-bond donors (Lipinski definition) is 0. The van der Waals surface area contributed by atoms with Crippen LogP contribution in [0.2, 0.25) is 0 Å². The standard InChI is InChI=1S/C12H10BrNOS/c13-11-5-3-4-10(8-11)9-16-12-6-1-2-7-14(12)15/h1-8H,9H2. The Morgan fingerprint density at radius 2 is 2.06 bits per heavy atom. The Bertz CT molecular complexity index is 490. The number of halogens is 1. The lowest BCUT2D eigenvalue weighted by Crippen LogP contribution is -2.27. The zero-order chi connectivity index (χ0) is 11.4. The van der Waals surface area contributed by atoms with Crippen molar-refractivity contribution in [2.45, 2.75) is 10.8 Å². The van der Waals surface area contributed by atoms with Gasteiger partial charge >= 0.3 is 0 Å². The van der Waals surface area contributed by atoms with Gasteiger partial charge in [-0.2, -0.15) is 4.73 Å². The molecule has 0 atom stereocenters. The van der Waals surface area contributed by atoms with Gasteiger partial charge in [0, 0.05) is 22.4 Å². The first kappa shape index (κ1) is 11.5. The molecule has 2 nitrogen and oxygen atoms in total. The van der Waals surface area contributed by atoms with E-state index in [-0.39, 0.29) is 0 Å². The van der Waals surface area contributed by atoms with Gasteiger partial charge in [0.1, 0.15) is 0 Å². The highest BCUT2D eigenvalue weighted by atomic mass is 79.9. The molecular formula is C12H10BrNOS. The Kier molecular flexibility index (Phi) is 3.85. The molecule has 2 aromatic rings. The van der Waals surface area contributed by atoms with Crippen molar-refractivity contribution < 1.29 is 4.73 Å². The largest absolute Gasteiger partial charge is 0.618 e. The molecule has 0 aliphatic carbocycles. The van der Waals surface area contributed by atoms with E-state index in [1.54, 1.807) is 6.07 Å². The average Bonchev–Trinajstić information content (AvgIpc) is 2.28. The van der Waals surface area contributed by atoms with Crippen LogP contribution in [0.3, 0.4) is 0 Å². The Balaban J connectivity index is 2.05. The van der Waals surface area contributed by atoms with Crippen molar-refractivity contribution in [2.75, 3.05) is 0 Å². The molecule has 0 amide bonds. The fourth-order valence-electron chi connectivity index (χ4n) is 1.31. The molecule has 0 saturated heterocycles. The maximum atomic E-state index is 11.4. The number of nitrogens with zero attached hydrogens (tertiary/aromatic N) is 1. The van der Waals surface area contributed by atoms with Gasteiger partial charge in [-0.25, -0.2) is 0 Å². The van der Waals surface area contributed by atoms with Crippen molar-refractivity contribution in [3.05, 3.63) is 63.9 Å². The highest BCUT2D eigenvalue weighted by Crippen LogP contribution is 2.21. The second-order valence-electron chi connectivity index (χ2n) is 3.28. The molecule has 1 aromatic heterocycles. The quantitative estimate of drug-likeness (QED) is 0.493. The summed E-state index contributed by atoms with van der Waals surface area (Å²) in [7, 11) is 0. The highest BCUT2D eigenvalue weighted by molar-refractivity contribution is 9.10. The zero-order valence-electron chi connectivity index (χ0n) is 8.47. The van der Waals surface area contributed by atoms with Crippen molar-refractivity contribution in [3.63, 3.8) is 0 Å². The number of rotatable bonds is 3. The Morgan fingerprint density at radius 1 is 1.19 bits per heavy atom. The first-order valence-electron chi connectivity index (χ1n) is 4.81. The molecule has 0 aliphatic heterocycles. The van der Waals surface area contributed by atoms with Crippen molar-refractivity contribution in [3.8, 4) is 0 Å². The summed E-state index contributed by atoms with van der Waals surface area (Å²) in [6, 6.07) is 13.5. The Morgan fingerprint density at radius 3 is 2.81 bits per heavy atom. The Labute approximate surface area is 107 Å². The molecule has 16 heavy (non-hydrogen) atoms. The molecule has 82 valence electrons. The van der Waals surface area contributed by atoms with Gasteiger partial charge in [-0.05, 0) is 23.8 Å². The molecule has 1 heterocycles. The van der Waals surface area contributed by atoms with Crippen LogP contribution >= 0.6 is 27.7 Å². The van der Waals surface area contributed by atoms with E-state index in [1.165, 1.54) is 23.5 Å². The van der Waals surface area contributed by atoms with Gasteiger partial charge < -0.3 is 5.21 Å². The van der Waals surface area contributed by atoms with Crippen LogP contribution < -0.4 is 4.73 Å². The van der Waals surface area contributed by atoms with E-state index >= 15 is 0 Å². The molecule has 0 spiro atoms. The number of hydrogen-bond acceptors (Lipinski definition) is 2. The van der Waals surface area contributed by atoms with Crippen LogP contribution in [0.5, 0.6) is 0 Å². The van der Waals surface area contributed by atoms with Gasteiger partial charge in [0.2, 0.25) is 0 Å². The molecule has 0 saturated carbocycles. The SMILES string of the molecule is [O-][n+]1ccccc1SCc1cccc(Br)c1. The topological polar surface area (TPSA) is 26.9 Å². The van der Waals surface area contributed by atoms with Crippen LogP contribution in [0.4, 0.5) is 0 Å². The molecule has 0 aliphatic rings. The van der Waals surface area contributed by atoms with E-state index in [9.17, 15) is 5.21 Å². The fourth-order valence-corrected chi connectivity index (χ4v) is 2.61. The molecule has 0 radical (unpaired) electrons. The molecule has 0 unspecified atom stereocenters. The van der Waals surface area contributed by atoms with Crippen LogP contribution in [-0.4, -0.2) is 0 Å². The zero-order valence-corrected chi connectivity index (χ0v) is 10.9. The van der Waals surface area contributed by atoms with Crippen LogP contribution in [0, 0.1) is 5.21 Å². The van der Waals surface area contributed by atoms with E-state index < -0.39 is 0 Å². The van der Waals surface area contributed by atoms with E-state index in [4.69, 9.17) is 0 Å². The smallest absolute Gasteiger partial charge is 0.251 e. The van der Waals surface area contributed by atoms with Crippen LogP contribution in [0.1, 0.15) is 5.56 Å². The monoisotopic (exact) mass is 295 g/mol. The second kappa shape index (κ2) is 5.37.